The van der Waals surface area contributed by atoms with Gasteiger partial charge in [0.15, 0.2) is 6.29 Å². The number of anilines is 1. The molecule has 3 aromatic rings. The smallest absolute Gasteiger partial charge is 0.257 e. The van der Waals surface area contributed by atoms with Crippen LogP contribution in [0.4, 0.5) is 5.69 Å². The number of pyridine rings is 1. The summed E-state index contributed by atoms with van der Waals surface area (Å²) in [6.07, 6.45) is 4.34. The number of carbonyl (C=O) groups excluding carboxylic acids is 1. The van der Waals surface area contributed by atoms with Crippen molar-refractivity contribution in [3.05, 3.63) is 95.3 Å². The first-order chi connectivity index (χ1) is 18.6. The van der Waals surface area contributed by atoms with Crippen molar-refractivity contribution in [2.45, 2.75) is 50.9 Å². The summed E-state index contributed by atoms with van der Waals surface area (Å²) >= 11 is 0. The van der Waals surface area contributed by atoms with E-state index in [9.17, 15) is 15.0 Å². The molecule has 2 aliphatic rings. The monoisotopic (exact) mass is 517 g/mol. The number of nitrogens with one attached hydrogen (secondary N) is 1. The molecule has 0 unspecified atom stereocenters. The highest BCUT2D eigenvalue weighted by atomic mass is 16.7. The molecule has 0 radical (unpaired) electrons. The van der Waals surface area contributed by atoms with Gasteiger partial charge in [-0.25, -0.2) is 0 Å². The van der Waals surface area contributed by atoms with Crippen LogP contribution in [0.15, 0.2) is 73.1 Å². The van der Waals surface area contributed by atoms with Crippen molar-refractivity contribution >= 4 is 11.6 Å². The van der Waals surface area contributed by atoms with Crippen LogP contribution in [0.5, 0.6) is 0 Å². The standard InChI is InChI=1S/C30H35N3O5/c1-20-27(17-33-15-3-5-26(33)19-35)37-30(38-28(20)22-8-6-21(18-34)7-9-22)23-10-12-25(13-11-23)32-29(36)24-4-2-14-31-16-24/h2,4,6-14,16,20,26-28,30,34-35H,3,5,15,17-19H2,1H3,(H,32,36)/t20-,26+,27+,28+,30+/m1/s1. The fraction of sp³-hybridized carbons (Fsp3) is 0.400. The van der Waals surface area contributed by atoms with E-state index in [2.05, 4.69) is 22.1 Å². The number of aliphatic hydroxyl groups is 2. The average molecular weight is 518 g/mol. The third-order valence-electron chi connectivity index (χ3n) is 7.61. The average Bonchev–Trinajstić information content (AvgIpc) is 3.42. The molecule has 2 aromatic carbocycles. The summed E-state index contributed by atoms with van der Waals surface area (Å²) in [5.74, 6) is -0.149. The fourth-order valence-electron chi connectivity index (χ4n) is 5.33. The normalized spacial score (nSPS) is 25.8. The van der Waals surface area contributed by atoms with Gasteiger partial charge < -0.3 is 25.0 Å². The summed E-state index contributed by atoms with van der Waals surface area (Å²) in [6.45, 7) is 3.96. The third-order valence-corrected chi connectivity index (χ3v) is 7.61. The highest BCUT2D eigenvalue weighted by molar-refractivity contribution is 6.03. The van der Waals surface area contributed by atoms with Gasteiger partial charge >= 0.3 is 0 Å². The summed E-state index contributed by atoms with van der Waals surface area (Å²) < 4.78 is 13.1. The maximum Gasteiger partial charge on any atom is 0.257 e. The molecule has 2 saturated heterocycles. The van der Waals surface area contributed by atoms with Crippen LogP contribution in [0, 0.1) is 5.92 Å². The largest absolute Gasteiger partial charge is 0.395 e. The minimum Gasteiger partial charge on any atom is -0.395 e. The Labute approximate surface area is 223 Å². The predicted molar refractivity (Wildman–Crippen MR) is 143 cm³/mol. The molecule has 5 atom stereocenters. The number of nitrogens with zero attached hydrogens (tertiary/aromatic N) is 2. The molecule has 2 fully saturated rings. The lowest BCUT2D eigenvalue weighted by Gasteiger charge is -2.43. The zero-order valence-electron chi connectivity index (χ0n) is 21.6. The molecule has 3 heterocycles. The molecule has 200 valence electrons. The number of rotatable bonds is 8. The van der Waals surface area contributed by atoms with E-state index in [1.807, 2.05) is 48.5 Å². The number of hydrogen-bond acceptors (Lipinski definition) is 7. The number of ether oxygens (including phenoxy) is 2. The molecular formula is C30H35N3O5. The quantitative estimate of drug-likeness (QED) is 0.414. The number of amides is 1. The van der Waals surface area contributed by atoms with Crippen LogP contribution in [0.1, 0.15) is 59.2 Å². The maximum atomic E-state index is 12.5. The lowest BCUT2D eigenvalue weighted by molar-refractivity contribution is -0.276. The van der Waals surface area contributed by atoms with Gasteiger partial charge in [-0.05, 0) is 54.8 Å². The van der Waals surface area contributed by atoms with Crippen molar-refractivity contribution in [3.8, 4) is 0 Å². The Kier molecular flexibility index (Phi) is 8.46. The molecule has 3 N–H and O–H groups in total. The number of aliphatic hydroxyl groups excluding tert-OH is 2. The highest BCUT2D eigenvalue weighted by Gasteiger charge is 2.40. The van der Waals surface area contributed by atoms with Gasteiger partial charge in [0.25, 0.3) is 5.91 Å². The minimum atomic E-state index is -0.586. The van der Waals surface area contributed by atoms with Crippen molar-refractivity contribution < 1.29 is 24.5 Å². The molecule has 0 bridgehead atoms. The second-order valence-electron chi connectivity index (χ2n) is 10.1. The van der Waals surface area contributed by atoms with Gasteiger partial charge in [0.05, 0.1) is 31.0 Å². The van der Waals surface area contributed by atoms with Crippen LogP contribution < -0.4 is 5.32 Å². The van der Waals surface area contributed by atoms with E-state index in [1.165, 1.54) is 6.20 Å². The Morgan fingerprint density at radius 2 is 1.82 bits per heavy atom. The van der Waals surface area contributed by atoms with E-state index in [0.29, 0.717) is 11.3 Å². The molecule has 8 heteroatoms. The predicted octanol–water partition coefficient (Wildman–Crippen LogP) is 4.07. The molecule has 1 aromatic heterocycles. The first-order valence-electron chi connectivity index (χ1n) is 13.2. The molecule has 0 saturated carbocycles. The molecular weight excluding hydrogens is 482 g/mol. The van der Waals surface area contributed by atoms with E-state index >= 15 is 0 Å². The van der Waals surface area contributed by atoms with Crippen molar-refractivity contribution in [1.82, 2.24) is 9.88 Å². The number of carbonyl (C=O) groups is 1. The zero-order valence-corrected chi connectivity index (χ0v) is 21.6. The van der Waals surface area contributed by atoms with Gasteiger partial charge in [0.1, 0.15) is 0 Å². The SMILES string of the molecule is C[C@@H]1[C@H](CN2CCC[C@H]2CO)O[C@H](c2ccc(NC(=O)c3cccnc3)cc2)O[C@@H]1c1ccc(CO)cc1. The Morgan fingerprint density at radius 1 is 1.05 bits per heavy atom. The van der Waals surface area contributed by atoms with Crippen molar-refractivity contribution in [3.63, 3.8) is 0 Å². The van der Waals surface area contributed by atoms with Gasteiger partial charge in [-0.15, -0.1) is 0 Å². The van der Waals surface area contributed by atoms with E-state index in [4.69, 9.17) is 9.47 Å². The molecule has 38 heavy (non-hydrogen) atoms. The van der Waals surface area contributed by atoms with Crippen LogP contribution in [0.2, 0.25) is 0 Å². The van der Waals surface area contributed by atoms with Crippen molar-refractivity contribution in [2.24, 2.45) is 5.92 Å². The van der Waals surface area contributed by atoms with Gasteiger partial charge in [0, 0.05) is 42.1 Å². The number of likely N-dealkylation sites (tertiary alicyclic amines) is 1. The summed E-state index contributed by atoms with van der Waals surface area (Å²) in [5.41, 5.74) is 3.91. The minimum absolute atomic E-state index is 0.00308. The summed E-state index contributed by atoms with van der Waals surface area (Å²) in [5, 5.41) is 22.2. The molecule has 5 rings (SSSR count). The number of hydrogen-bond donors (Lipinski definition) is 3. The maximum absolute atomic E-state index is 12.5. The van der Waals surface area contributed by atoms with E-state index in [1.54, 1.807) is 18.3 Å². The summed E-state index contributed by atoms with van der Waals surface area (Å²) in [6, 6.07) is 19.0. The second-order valence-corrected chi connectivity index (χ2v) is 10.1. The van der Waals surface area contributed by atoms with Gasteiger partial charge in [0.2, 0.25) is 0 Å². The lowest BCUT2D eigenvalue weighted by atomic mass is 9.90. The van der Waals surface area contributed by atoms with Gasteiger partial charge in [-0.2, -0.15) is 0 Å². The Morgan fingerprint density at radius 3 is 2.50 bits per heavy atom. The Bertz CT molecular complexity index is 1190. The molecule has 2 aliphatic heterocycles. The van der Waals surface area contributed by atoms with Crippen LogP contribution in [-0.2, 0) is 16.1 Å². The van der Waals surface area contributed by atoms with Crippen LogP contribution in [0.25, 0.3) is 0 Å². The first-order valence-corrected chi connectivity index (χ1v) is 13.2. The lowest BCUT2D eigenvalue weighted by Crippen LogP contribution is -2.46. The molecule has 1 amide bonds. The van der Waals surface area contributed by atoms with Crippen LogP contribution >= 0.6 is 0 Å². The number of aromatic nitrogens is 1. The number of benzene rings is 2. The van der Waals surface area contributed by atoms with Gasteiger partial charge in [-0.3, -0.25) is 14.7 Å². The van der Waals surface area contributed by atoms with E-state index in [0.717, 1.165) is 42.6 Å². The van der Waals surface area contributed by atoms with E-state index in [-0.39, 0.29) is 43.3 Å². The fourth-order valence-corrected chi connectivity index (χ4v) is 5.33. The van der Waals surface area contributed by atoms with Crippen LogP contribution in [-0.4, -0.2) is 57.8 Å². The van der Waals surface area contributed by atoms with Crippen LogP contribution in [0.3, 0.4) is 0 Å². The molecule has 0 spiro atoms. The summed E-state index contributed by atoms with van der Waals surface area (Å²) in [7, 11) is 0. The highest BCUT2D eigenvalue weighted by Crippen LogP contribution is 2.42. The topological polar surface area (TPSA) is 104 Å². The van der Waals surface area contributed by atoms with Gasteiger partial charge in [-0.1, -0.05) is 43.3 Å². The third kappa shape index (κ3) is 5.95. The zero-order chi connectivity index (χ0) is 26.5. The summed E-state index contributed by atoms with van der Waals surface area (Å²) in [4.78, 5) is 18.8. The van der Waals surface area contributed by atoms with Crippen molar-refractivity contribution in [2.75, 3.05) is 25.0 Å². The molecule has 8 nitrogen and oxygen atoms in total. The Hall–Kier alpha value is -3.14. The molecule has 0 aliphatic carbocycles. The Balaban J connectivity index is 1.35. The van der Waals surface area contributed by atoms with Crippen molar-refractivity contribution in [1.29, 1.82) is 0 Å². The van der Waals surface area contributed by atoms with E-state index < -0.39 is 6.29 Å². The second kappa shape index (κ2) is 12.1. The first kappa shape index (κ1) is 26.5.